The van der Waals surface area contributed by atoms with E-state index in [0.29, 0.717) is 23.1 Å². The zero-order valence-electron chi connectivity index (χ0n) is 15.6. The third-order valence-electron chi connectivity index (χ3n) is 4.39. The number of nitrogens with zero attached hydrogens (tertiary/aromatic N) is 4. The van der Waals surface area contributed by atoms with Crippen LogP contribution in [-0.2, 0) is 12.2 Å². The lowest BCUT2D eigenvalue weighted by atomic mass is 10.1. The number of thioether (sulfide) groups is 1. The highest BCUT2D eigenvalue weighted by molar-refractivity contribution is 7.98. The molecule has 0 aliphatic rings. The Bertz CT molecular complexity index is 1050. The van der Waals surface area contributed by atoms with Crippen LogP contribution in [0.1, 0.15) is 28.7 Å². The Hall–Kier alpha value is -2.57. The van der Waals surface area contributed by atoms with Gasteiger partial charge in [-0.05, 0) is 43.7 Å². The molecule has 0 saturated heterocycles. The molecule has 0 spiro atoms. The largest absolute Gasteiger partial charge is 0.445 e. The molecule has 2 aromatic heterocycles. The van der Waals surface area contributed by atoms with Gasteiger partial charge in [-0.25, -0.2) is 4.98 Å². The van der Waals surface area contributed by atoms with Crippen LogP contribution < -0.4 is 0 Å². The second kappa shape index (κ2) is 8.20. The van der Waals surface area contributed by atoms with Crippen molar-refractivity contribution in [2.75, 3.05) is 0 Å². The molecule has 0 bridgehead atoms. The highest BCUT2D eigenvalue weighted by Gasteiger charge is 2.16. The van der Waals surface area contributed by atoms with Crippen molar-refractivity contribution in [3.05, 3.63) is 88.4 Å². The summed E-state index contributed by atoms with van der Waals surface area (Å²) in [6.45, 7) is 3.87. The molecule has 0 amide bonds. The van der Waals surface area contributed by atoms with Crippen molar-refractivity contribution < 1.29 is 4.42 Å². The number of hydrogen-bond acceptors (Lipinski definition) is 5. The molecule has 0 radical (unpaired) electrons. The van der Waals surface area contributed by atoms with E-state index in [-0.39, 0.29) is 0 Å². The quantitative estimate of drug-likeness (QED) is 0.398. The van der Waals surface area contributed by atoms with Gasteiger partial charge in [0, 0.05) is 17.1 Å². The Morgan fingerprint density at radius 2 is 1.75 bits per heavy atom. The van der Waals surface area contributed by atoms with E-state index in [0.717, 1.165) is 28.1 Å². The summed E-state index contributed by atoms with van der Waals surface area (Å²) < 4.78 is 7.76. The molecule has 0 fully saturated rings. The predicted molar refractivity (Wildman–Crippen MR) is 111 cm³/mol. The summed E-state index contributed by atoms with van der Waals surface area (Å²) in [6.07, 6.45) is 0.689. The maximum absolute atomic E-state index is 6.07. The van der Waals surface area contributed by atoms with Crippen molar-refractivity contribution in [2.24, 2.45) is 0 Å². The number of rotatable bonds is 6. The molecule has 4 aromatic rings. The van der Waals surface area contributed by atoms with Gasteiger partial charge in [0.25, 0.3) is 0 Å². The van der Waals surface area contributed by atoms with Crippen LogP contribution in [0.5, 0.6) is 0 Å². The number of halogens is 1. The summed E-state index contributed by atoms with van der Waals surface area (Å²) in [7, 11) is 0. The highest BCUT2D eigenvalue weighted by atomic mass is 35.5. The van der Waals surface area contributed by atoms with Crippen LogP contribution in [0.4, 0.5) is 0 Å². The molecule has 5 nitrogen and oxygen atoms in total. The minimum Gasteiger partial charge on any atom is -0.445 e. The fourth-order valence-electron chi connectivity index (χ4n) is 2.86. The van der Waals surface area contributed by atoms with E-state index in [1.807, 2.05) is 56.3 Å². The number of aromatic nitrogens is 4. The van der Waals surface area contributed by atoms with Gasteiger partial charge in [0.15, 0.2) is 5.16 Å². The highest BCUT2D eigenvalue weighted by Crippen LogP contribution is 2.27. The van der Waals surface area contributed by atoms with Gasteiger partial charge in [0.2, 0.25) is 5.89 Å². The first-order valence-corrected chi connectivity index (χ1v) is 10.3. The number of hydrogen-bond donors (Lipinski definition) is 0. The summed E-state index contributed by atoms with van der Waals surface area (Å²) in [5.74, 6) is 3.00. The van der Waals surface area contributed by atoms with Crippen LogP contribution in [0.3, 0.4) is 0 Å². The zero-order chi connectivity index (χ0) is 19.5. The van der Waals surface area contributed by atoms with Crippen LogP contribution >= 0.6 is 23.4 Å². The SMILES string of the molecule is Cc1nc(CSc2nnc(Cc3ccccc3)n2-c2ccc(Cl)cc2)oc1C. The predicted octanol–water partition coefficient (Wildman–Crippen LogP) is 5.41. The van der Waals surface area contributed by atoms with Gasteiger partial charge in [-0.15, -0.1) is 10.2 Å². The average Bonchev–Trinajstić information content (AvgIpc) is 3.24. The minimum absolute atomic E-state index is 0.589. The van der Waals surface area contributed by atoms with E-state index in [4.69, 9.17) is 16.0 Å². The molecular formula is C21H19ClN4OS. The summed E-state index contributed by atoms with van der Waals surface area (Å²) in [5.41, 5.74) is 3.07. The monoisotopic (exact) mass is 410 g/mol. The summed E-state index contributed by atoms with van der Waals surface area (Å²) in [5, 5.41) is 10.4. The van der Waals surface area contributed by atoms with Crippen molar-refractivity contribution in [3.8, 4) is 5.69 Å². The van der Waals surface area contributed by atoms with E-state index >= 15 is 0 Å². The molecule has 0 aliphatic heterocycles. The first-order valence-electron chi connectivity index (χ1n) is 8.90. The van der Waals surface area contributed by atoms with Crippen molar-refractivity contribution >= 4 is 23.4 Å². The smallest absolute Gasteiger partial charge is 0.205 e. The first-order chi connectivity index (χ1) is 13.6. The molecule has 2 heterocycles. The molecule has 0 N–H and O–H groups in total. The first kappa shape index (κ1) is 18.8. The van der Waals surface area contributed by atoms with Crippen molar-refractivity contribution in [1.82, 2.24) is 19.7 Å². The average molecular weight is 411 g/mol. The van der Waals surface area contributed by atoms with Crippen molar-refractivity contribution in [3.63, 3.8) is 0 Å². The number of aryl methyl sites for hydroxylation is 2. The Balaban J connectivity index is 1.66. The second-order valence-electron chi connectivity index (χ2n) is 6.41. The van der Waals surface area contributed by atoms with Crippen LogP contribution in [0, 0.1) is 13.8 Å². The standard InChI is InChI=1S/C21H19ClN4OS/c1-14-15(2)27-20(23-14)13-28-21-25-24-19(12-16-6-4-3-5-7-16)26(21)18-10-8-17(22)9-11-18/h3-11H,12-13H2,1-2H3. The molecule has 0 saturated carbocycles. The third-order valence-corrected chi connectivity index (χ3v) is 5.55. The Morgan fingerprint density at radius 1 is 1.00 bits per heavy atom. The Kier molecular flexibility index (Phi) is 5.50. The lowest BCUT2D eigenvalue weighted by molar-refractivity contribution is 0.489. The normalized spacial score (nSPS) is 11.1. The topological polar surface area (TPSA) is 56.7 Å². The lowest BCUT2D eigenvalue weighted by Crippen LogP contribution is -2.04. The van der Waals surface area contributed by atoms with E-state index in [1.165, 1.54) is 5.56 Å². The maximum atomic E-state index is 6.07. The Labute approximate surface area is 172 Å². The number of benzene rings is 2. The molecule has 4 rings (SSSR count). The summed E-state index contributed by atoms with van der Waals surface area (Å²) in [4.78, 5) is 4.45. The lowest BCUT2D eigenvalue weighted by Gasteiger charge is -2.10. The minimum atomic E-state index is 0.589. The van der Waals surface area contributed by atoms with Gasteiger partial charge < -0.3 is 4.42 Å². The fourth-order valence-corrected chi connectivity index (χ4v) is 3.80. The molecule has 0 atom stereocenters. The molecular weight excluding hydrogens is 392 g/mol. The molecule has 0 aliphatic carbocycles. The summed E-state index contributed by atoms with van der Waals surface area (Å²) in [6, 6.07) is 17.9. The van der Waals surface area contributed by atoms with E-state index < -0.39 is 0 Å². The molecule has 28 heavy (non-hydrogen) atoms. The van der Waals surface area contributed by atoms with Gasteiger partial charge >= 0.3 is 0 Å². The van der Waals surface area contributed by atoms with Crippen molar-refractivity contribution in [1.29, 1.82) is 0 Å². The summed E-state index contributed by atoms with van der Waals surface area (Å²) >= 11 is 7.63. The molecule has 2 aromatic carbocycles. The zero-order valence-corrected chi connectivity index (χ0v) is 17.2. The fraction of sp³-hybridized carbons (Fsp3) is 0.190. The second-order valence-corrected chi connectivity index (χ2v) is 7.79. The van der Waals surface area contributed by atoms with Crippen LogP contribution in [0.25, 0.3) is 5.69 Å². The van der Waals surface area contributed by atoms with E-state index in [9.17, 15) is 0 Å². The van der Waals surface area contributed by atoms with Gasteiger partial charge in [0.05, 0.1) is 11.4 Å². The van der Waals surface area contributed by atoms with Gasteiger partial charge in [0.1, 0.15) is 11.6 Å². The van der Waals surface area contributed by atoms with Crippen LogP contribution in [0.2, 0.25) is 5.02 Å². The van der Waals surface area contributed by atoms with E-state index in [2.05, 4.69) is 31.9 Å². The van der Waals surface area contributed by atoms with Gasteiger partial charge in [-0.2, -0.15) is 0 Å². The molecule has 142 valence electrons. The number of oxazole rings is 1. The van der Waals surface area contributed by atoms with Crippen LogP contribution in [-0.4, -0.2) is 19.7 Å². The van der Waals surface area contributed by atoms with Crippen LogP contribution in [0.15, 0.2) is 64.2 Å². The molecule has 0 unspecified atom stereocenters. The third kappa shape index (κ3) is 4.13. The van der Waals surface area contributed by atoms with E-state index in [1.54, 1.807) is 11.8 Å². The Morgan fingerprint density at radius 3 is 2.43 bits per heavy atom. The molecule has 7 heteroatoms. The van der Waals surface area contributed by atoms with Gasteiger partial charge in [-0.1, -0.05) is 53.7 Å². The van der Waals surface area contributed by atoms with Gasteiger partial charge in [-0.3, -0.25) is 4.57 Å². The maximum Gasteiger partial charge on any atom is 0.205 e. The van der Waals surface area contributed by atoms with Crippen molar-refractivity contribution in [2.45, 2.75) is 31.2 Å².